The molecule has 1 N–H and O–H groups in total. The lowest BCUT2D eigenvalue weighted by atomic mass is 10.0. The molecule has 0 amide bonds. The van der Waals surface area contributed by atoms with E-state index in [2.05, 4.69) is 17.1 Å². The van der Waals surface area contributed by atoms with E-state index in [9.17, 15) is 4.39 Å². The Morgan fingerprint density at radius 1 is 1.44 bits per heavy atom. The average Bonchev–Trinajstić information content (AvgIpc) is 2.81. The third-order valence-electron chi connectivity index (χ3n) is 3.77. The molecule has 1 aromatic rings. The molecule has 1 unspecified atom stereocenters. The highest BCUT2D eigenvalue weighted by Gasteiger charge is 2.24. The zero-order chi connectivity index (χ0) is 13.0. The predicted octanol–water partition coefficient (Wildman–Crippen LogP) is 3.17. The van der Waals surface area contributed by atoms with Crippen LogP contribution in [-0.4, -0.2) is 20.1 Å². The predicted molar refractivity (Wildman–Crippen MR) is 74.4 cm³/mol. The van der Waals surface area contributed by atoms with Gasteiger partial charge in [-0.1, -0.05) is 19.4 Å². The highest BCUT2D eigenvalue weighted by atomic mass is 19.1. The number of rotatable bonds is 5. The Kier molecular flexibility index (Phi) is 4.59. The van der Waals surface area contributed by atoms with Crippen molar-refractivity contribution in [2.75, 3.05) is 25.0 Å². The summed E-state index contributed by atoms with van der Waals surface area (Å²) in [6.45, 7) is 4.97. The van der Waals surface area contributed by atoms with Crippen molar-refractivity contribution in [3.05, 3.63) is 29.6 Å². The number of halogens is 1. The first-order valence-electron chi connectivity index (χ1n) is 6.93. The molecule has 0 bridgehead atoms. The van der Waals surface area contributed by atoms with E-state index in [0.29, 0.717) is 6.54 Å². The van der Waals surface area contributed by atoms with Gasteiger partial charge in [0.05, 0.1) is 0 Å². The van der Waals surface area contributed by atoms with Crippen LogP contribution in [-0.2, 0) is 6.54 Å². The van der Waals surface area contributed by atoms with Crippen LogP contribution in [0, 0.1) is 11.7 Å². The molecular formula is C15H23FN2. The Labute approximate surface area is 109 Å². The second kappa shape index (κ2) is 6.19. The quantitative estimate of drug-likeness (QED) is 0.863. The van der Waals surface area contributed by atoms with Gasteiger partial charge in [-0.15, -0.1) is 0 Å². The van der Waals surface area contributed by atoms with Crippen molar-refractivity contribution in [1.29, 1.82) is 0 Å². The molecule has 2 nitrogen and oxygen atoms in total. The minimum absolute atomic E-state index is 0.0965. The average molecular weight is 250 g/mol. The smallest absolute Gasteiger partial charge is 0.129 e. The Bertz CT molecular complexity index is 392. The maximum absolute atomic E-state index is 13.9. The van der Waals surface area contributed by atoms with Gasteiger partial charge < -0.3 is 10.2 Å². The summed E-state index contributed by atoms with van der Waals surface area (Å²) in [7, 11) is 1.86. The summed E-state index contributed by atoms with van der Waals surface area (Å²) in [4.78, 5) is 2.34. The van der Waals surface area contributed by atoms with Crippen molar-refractivity contribution >= 4 is 5.69 Å². The van der Waals surface area contributed by atoms with Gasteiger partial charge in [-0.05, 0) is 37.9 Å². The van der Waals surface area contributed by atoms with Gasteiger partial charge in [0.1, 0.15) is 5.82 Å². The van der Waals surface area contributed by atoms with Crippen LogP contribution in [0.1, 0.15) is 31.7 Å². The number of hydrogen-bond donors (Lipinski definition) is 1. The zero-order valence-corrected chi connectivity index (χ0v) is 11.4. The largest absolute Gasteiger partial charge is 0.371 e. The Balaban J connectivity index is 2.16. The third kappa shape index (κ3) is 2.83. The molecular weight excluding hydrogens is 227 g/mol. The minimum atomic E-state index is -0.0965. The van der Waals surface area contributed by atoms with Crippen molar-refractivity contribution in [3.63, 3.8) is 0 Å². The first-order valence-corrected chi connectivity index (χ1v) is 6.93. The Morgan fingerprint density at radius 3 is 3.00 bits per heavy atom. The summed E-state index contributed by atoms with van der Waals surface area (Å²) in [5.41, 5.74) is 1.88. The second-order valence-electron chi connectivity index (χ2n) is 5.16. The van der Waals surface area contributed by atoms with Crippen molar-refractivity contribution in [2.45, 2.75) is 32.7 Å². The van der Waals surface area contributed by atoms with Crippen LogP contribution in [0.4, 0.5) is 10.1 Å². The molecule has 1 aromatic carbocycles. The van der Waals surface area contributed by atoms with E-state index in [4.69, 9.17) is 0 Å². The molecule has 0 radical (unpaired) electrons. The standard InChI is InChI=1S/C15H23FN2/c1-3-5-12-8-9-18(11-12)15-7-4-6-14(16)13(15)10-17-2/h4,6-7,12,17H,3,5,8-11H2,1-2H3. The molecule has 0 aliphatic carbocycles. The number of nitrogens with one attached hydrogen (secondary N) is 1. The van der Waals surface area contributed by atoms with Gasteiger partial charge in [-0.2, -0.15) is 0 Å². The van der Waals surface area contributed by atoms with E-state index < -0.39 is 0 Å². The Morgan fingerprint density at radius 2 is 2.28 bits per heavy atom. The summed E-state index contributed by atoms with van der Waals surface area (Å²) >= 11 is 0. The van der Waals surface area contributed by atoms with Gasteiger partial charge >= 0.3 is 0 Å². The van der Waals surface area contributed by atoms with E-state index in [1.54, 1.807) is 6.07 Å². The van der Waals surface area contributed by atoms with E-state index in [-0.39, 0.29) is 5.82 Å². The van der Waals surface area contributed by atoms with Crippen LogP contribution in [0.25, 0.3) is 0 Å². The highest BCUT2D eigenvalue weighted by molar-refractivity contribution is 5.55. The number of hydrogen-bond acceptors (Lipinski definition) is 2. The fourth-order valence-electron chi connectivity index (χ4n) is 2.89. The number of benzene rings is 1. The lowest BCUT2D eigenvalue weighted by molar-refractivity contribution is 0.529. The van der Waals surface area contributed by atoms with Gasteiger partial charge in [0.2, 0.25) is 0 Å². The third-order valence-corrected chi connectivity index (χ3v) is 3.77. The molecule has 1 fully saturated rings. The molecule has 0 aromatic heterocycles. The molecule has 1 saturated heterocycles. The number of nitrogens with zero attached hydrogens (tertiary/aromatic N) is 1. The molecule has 3 heteroatoms. The van der Waals surface area contributed by atoms with E-state index in [0.717, 1.165) is 30.3 Å². The molecule has 1 heterocycles. The minimum Gasteiger partial charge on any atom is -0.371 e. The Hall–Kier alpha value is -1.09. The molecule has 18 heavy (non-hydrogen) atoms. The second-order valence-corrected chi connectivity index (χ2v) is 5.16. The van der Waals surface area contributed by atoms with Crippen LogP contribution in [0.2, 0.25) is 0 Å². The fourth-order valence-corrected chi connectivity index (χ4v) is 2.89. The maximum atomic E-state index is 13.9. The molecule has 100 valence electrons. The van der Waals surface area contributed by atoms with Gasteiger partial charge in [-0.3, -0.25) is 0 Å². The first-order chi connectivity index (χ1) is 8.76. The van der Waals surface area contributed by atoms with Crippen molar-refractivity contribution in [3.8, 4) is 0 Å². The van der Waals surface area contributed by atoms with E-state index >= 15 is 0 Å². The van der Waals surface area contributed by atoms with Gasteiger partial charge in [-0.25, -0.2) is 4.39 Å². The van der Waals surface area contributed by atoms with Gasteiger partial charge in [0, 0.05) is 30.9 Å². The number of anilines is 1. The topological polar surface area (TPSA) is 15.3 Å². The van der Waals surface area contributed by atoms with E-state index in [1.165, 1.54) is 19.3 Å². The van der Waals surface area contributed by atoms with Crippen molar-refractivity contribution in [1.82, 2.24) is 5.32 Å². The summed E-state index contributed by atoms with van der Waals surface area (Å²) in [6, 6.07) is 5.41. The normalized spacial score (nSPS) is 19.5. The fraction of sp³-hybridized carbons (Fsp3) is 0.600. The first kappa shape index (κ1) is 13.3. The molecule has 2 rings (SSSR count). The SMILES string of the molecule is CCCC1CCN(c2cccc(F)c2CNC)C1. The van der Waals surface area contributed by atoms with Crippen LogP contribution in [0.3, 0.4) is 0 Å². The summed E-state index contributed by atoms with van der Waals surface area (Å²) < 4.78 is 13.9. The molecule has 1 aliphatic heterocycles. The zero-order valence-electron chi connectivity index (χ0n) is 11.4. The van der Waals surface area contributed by atoms with Crippen LogP contribution in [0.15, 0.2) is 18.2 Å². The van der Waals surface area contributed by atoms with Crippen molar-refractivity contribution in [2.24, 2.45) is 5.92 Å². The lowest BCUT2D eigenvalue weighted by Crippen LogP contribution is -2.23. The summed E-state index contributed by atoms with van der Waals surface area (Å²) in [5, 5.41) is 3.06. The van der Waals surface area contributed by atoms with Crippen LogP contribution >= 0.6 is 0 Å². The lowest BCUT2D eigenvalue weighted by Gasteiger charge is -2.22. The van der Waals surface area contributed by atoms with E-state index in [1.807, 2.05) is 19.2 Å². The van der Waals surface area contributed by atoms with Gasteiger partial charge in [0.25, 0.3) is 0 Å². The molecule has 1 atom stereocenters. The summed E-state index contributed by atoms with van der Waals surface area (Å²) in [5.74, 6) is 0.682. The molecule has 1 aliphatic rings. The van der Waals surface area contributed by atoms with Gasteiger partial charge in [0.15, 0.2) is 0 Å². The van der Waals surface area contributed by atoms with Crippen molar-refractivity contribution < 1.29 is 4.39 Å². The molecule has 0 saturated carbocycles. The summed E-state index contributed by atoms with van der Waals surface area (Å²) in [6.07, 6.45) is 3.77. The maximum Gasteiger partial charge on any atom is 0.129 e. The molecule has 0 spiro atoms. The monoisotopic (exact) mass is 250 g/mol. The van der Waals surface area contributed by atoms with Crippen LogP contribution in [0.5, 0.6) is 0 Å². The highest BCUT2D eigenvalue weighted by Crippen LogP contribution is 2.30. The van der Waals surface area contributed by atoms with Crippen LogP contribution < -0.4 is 10.2 Å².